The molecule has 1 aromatic heterocycles. The van der Waals surface area contributed by atoms with Gasteiger partial charge in [-0.3, -0.25) is 4.79 Å². The van der Waals surface area contributed by atoms with Crippen molar-refractivity contribution in [2.24, 2.45) is 5.92 Å². The van der Waals surface area contributed by atoms with Crippen molar-refractivity contribution in [2.75, 3.05) is 24.5 Å². The van der Waals surface area contributed by atoms with Gasteiger partial charge in [0.25, 0.3) is 5.56 Å². The number of hydrogen-bond donors (Lipinski definition) is 1. The van der Waals surface area contributed by atoms with Crippen molar-refractivity contribution in [1.29, 1.82) is 0 Å². The Morgan fingerprint density at radius 2 is 2.10 bits per heavy atom. The van der Waals surface area contributed by atoms with E-state index in [9.17, 15) is 4.79 Å². The Labute approximate surface area is 127 Å². The van der Waals surface area contributed by atoms with Gasteiger partial charge in [0, 0.05) is 25.2 Å². The van der Waals surface area contributed by atoms with Gasteiger partial charge in [-0.15, -0.1) is 0 Å². The van der Waals surface area contributed by atoms with Gasteiger partial charge in [0.15, 0.2) is 0 Å². The second-order valence-electron chi connectivity index (χ2n) is 5.80. The smallest absolute Gasteiger partial charge is 0.268 e. The van der Waals surface area contributed by atoms with Crippen LogP contribution in [-0.4, -0.2) is 35.5 Å². The summed E-state index contributed by atoms with van der Waals surface area (Å²) in [6.45, 7) is 9.82. The van der Waals surface area contributed by atoms with Crippen molar-refractivity contribution in [3.63, 3.8) is 0 Å². The minimum atomic E-state index is 0.00310. The van der Waals surface area contributed by atoms with E-state index in [0.29, 0.717) is 18.5 Å². The van der Waals surface area contributed by atoms with Gasteiger partial charge in [-0.1, -0.05) is 6.92 Å². The van der Waals surface area contributed by atoms with Crippen molar-refractivity contribution < 1.29 is 0 Å². The molecule has 1 aliphatic rings. The average Bonchev–Trinajstić information content (AvgIpc) is 3.31. The SMILES string of the molecule is CCCNC(Cn1ncc(N(CC)CC)cc1=O)C1CC1. The van der Waals surface area contributed by atoms with Crippen LogP contribution >= 0.6 is 0 Å². The second kappa shape index (κ2) is 7.59. The average molecular weight is 292 g/mol. The molecular weight excluding hydrogens is 264 g/mol. The zero-order valence-corrected chi connectivity index (χ0v) is 13.5. The number of hydrogen-bond acceptors (Lipinski definition) is 4. The zero-order chi connectivity index (χ0) is 15.2. The molecule has 1 aliphatic carbocycles. The topological polar surface area (TPSA) is 50.2 Å². The van der Waals surface area contributed by atoms with Crippen molar-refractivity contribution in [2.45, 2.75) is 52.6 Å². The fourth-order valence-corrected chi connectivity index (χ4v) is 2.72. The number of nitrogens with one attached hydrogen (secondary N) is 1. The van der Waals surface area contributed by atoms with E-state index < -0.39 is 0 Å². The van der Waals surface area contributed by atoms with Crippen LogP contribution in [0.1, 0.15) is 40.0 Å². The molecule has 1 N–H and O–H groups in total. The molecule has 1 unspecified atom stereocenters. The highest BCUT2D eigenvalue weighted by Crippen LogP contribution is 2.33. The number of aromatic nitrogens is 2. The van der Waals surface area contributed by atoms with Crippen LogP contribution in [-0.2, 0) is 6.54 Å². The highest BCUT2D eigenvalue weighted by molar-refractivity contribution is 5.42. The molecule has 0 amide bonds. The van der Waals surface area contributed by atoms with Gasteiger partial charge in [0.1, 0.15) is 0 Å². The Kier molecular flexibility index (Phi) is 5.79. The first kappa shape index (κ1) is 16.0. The first-order valence-electron chi connectivity index (χ1n) is 8.25. The van der Waals surface area contributed by atoms with E-state index in [0.717, 1.165) is 31.7 Å². The molecule has 118 valence electrons. The van der Waals surface area contributed by atoms with Crippen LogP contribution < -0.4 is 15.8 Å². The van der Waals surface area contributed by atoms with Crippen LogP contribution in [0.15, 0.2) is 17.1 Å². The summed E-state index contributed by atoms with van der Waals surface area (Å²) >= 11 is 0. The van der Waals surface area contributed by atoms with Crippen LogP contribution in [0.4, 0.5) is 5.69 Å². The van der Waals surface area contributed by atoms with E-state index in [1.54, 1.807) is 10.7 Å². The fourth-order valence-electron chi connectivity index (χ4n) is 2.72. The summed E-state index contributed by atoms with van der Waals surface area (Å²) in [5.74, 6) is 0.715. The van der Waals surface area contributed by atoms with E-state index in [2.05, 4.69) is 36.1 Å². The molecule has 1 heterocycles. The van der Waals surface area contributed by atoms with E-state index >= 15 is 0 Å². The lowest BCUT2D eigenvalue weighted by molar-refractivity contribution is 0.381. The van der Waals surface area contributed by atoms with Gasteiger partial charge in [-0.05, 0) is 45.6 Å². The lowest BCUT2D eigenvalue weighted by Gasteiger charge is -2.22. The molecule has 1 fully saturated rings. The van der Waals surface area contributed by atoms with Crippen LogP contribution in [0.3, 0.4) is 0 Å². The number of anilines is 1. The normalized spacial score (nSPS) is 16.0. The zero-order valence-electron chi connectivity index (χ0n) is 13.5. The molecule has 1 atom stereocenters. The van der Waals surface area contributed by atoms with E-state index in [1.807, 2.05) is 6.20 Å². The standard InChI is InChI=1S/C16H28N4O/c1-4-9-17-15(13-7-8-13)12-20-16(21)10-14(11-18-20)19(5-2)6-3/h10-11,13,15,17H,4-9,12H2,1-3H3. The number of rotatable bonds is 9. The summed E-state index contributed by atoms with van der Waals surface area (Å²) < 4.78 is 1.61. The highest BCUT2D eigenvalue weighted by Gasteiger charge is 2.31. The summed E-state index contributed by atoms with van der Waals surface area (Å²) in [4.78, 5) is 14.4. The van der Waals surface area contributed by atoms with Gasteiger partial charge in [-0.25, -0.2) is 4.68 Å². The van der Waals surface area contributed by atoms with Crippen molar-refractivity contribution >= 4 is 5.69 Å². The minimum absolute atomic E-state index is 0.00310. The Morgan fingerprint density at radius 1 is 1.38 bits per heavy atom. The van der Waals surface area contributed by atoms with Crippen molar-refractivity contribution in [3.05, 3.63) is 22.6 Å². The first-order valence-corrected chi connectivity index (χ1v) is 8.25. The fraction of sp³-hybridized carbons (Fsp3) is 0.750. The van der Waals surface area contributed by atoms with Crippen molar-refractivity contribution in [3.8, 4) is 0 Å². The predicted molar refractivity (Wildman–Crippen MR) is 86.9 cm³/mol. The van der Waals surface area contributed by atoms with Gasteiger partial charge in [-0.2, -0.15) is 5.10 Å². The molecule has 0 spiro atoms. The Bertz CT molecular complexity index is 491. The van der Waals surface area contributed by atoms with E-state index in [4.69, 9.17) is 0 Å². The maximum atomic E-state index is 12.3. The summed E-state index contributed by atoms with van der Waals surface area (Å²) in [5.41, 5.74) is 0.925. The lowest BCUT2D eigenvalue weighted by Crippen LogP contribution is -2.39. The third-order valence-corrected chi connectivity index (χ3v) is 4.20. The molecule has 1 aromatic rings. The molecule has 0 aliphatic heterocycles. The third kappa shape index (κ3) is 4.30. The third-order valence-electron chi connectivity index (χ3n) is 4.20. The Balaban J connectivity index is 2.07. The number of nitrogens with zero attached hydrogens (tertiary/aromatic N) is 3. The molecule has 5 heteroatoms. The van der Waals surface area contributed by atoms with Crippen LogP contribution in [0.5, 0.6) is 0 Å². The molecule has 0 radical (unpaired) electrons. The monoisotopic (exact) mass is 292 g/mol. The summed E-state index contributed by atoms with van der Waals surface area (Å²) in [6.07, 6.45) is 5.48. The Morgan fingerprint density at radius 3 is 2.62 bits per heavy atom. The molecule has 2 rings (SSSR count). The lowest BCUT2D eigenvalue weighted by atomic mass is 10.2. The molecule has 0 bridgehead atoms. The molecule has 0 aromatic carbocycles. The van der Waals surface area contributed by atoms with E-state index in [-0.39, 0.29) is 5.56 Å². The Hall–Kier alpha value is -1.36. The summed E-state index contributed by atoms with van der Waals surface area (Å²) in [7, 11) is 0. The van der Waals surface area contributed by atoms with Crippen molar-refractivity contribution in [1.82, 2.24) is 15.1 Å². The molecule has 1 saturated carbocycles. The molecule has 5 nitrogen and oxygen atoms in total. The molecular formula is C16H28N4O. The highest BCUT2D eigenvalue weighted by atomic mass is 16.1. The molecule has 0 saturated heterocycles. The van der Waals surface area contributed by atoms with Gasteiger partial charge in [0.05, 0.1) is 18.4 Å². The molecule has 21 heavy (non-hydrogen) atoms. The summed E-state index contributed by atoms with van der Waals surface area (Å²) in [5, 5.41) is 7.93. The van der Waals surface area contributed by atoms with Gasteiger partial charge in [0.2, 0.25) is 0 Å². The van der Waals surface area contributed by atoms with Crippen LogP contribution in [0, 0.1) is 5.92 Å². The van der Waals surface area contributed by atoms with Crippen LogP contribution in [0.2, 0.25) is 0 Å². The van der Waals surface area contributed by atoms with Gasteiger partial charge < -0.3 is 10.2 Å². The second-order valence-corrected chi connectivity index (χ2v) is 5.80. The van der Waals surface area contributed by atoms with E-state index in [1.165, 1.54) is 12.8 Å². The first-order chi connectivity index (χ1) is 10.2. The maximum absolute atomic E-state index is 12.3. The van der Waals surface area contributed by atoms with Gasteiger partial charge >= 0.3 is 0 Å². The van der Waals surface area contributed by atoms with Crippen LogP contribution in [0.25, 0.3) is 0 Å². The minimum Gasteiger partial charge on any atom is -0.371 e. The predicted octanol–water partition coefficient (Wildman–Crippen LogP) is 1.87. The summed E-state index contributed by atoms with van der Waals surface area (Å²) in [6, 6.07) is 2.10. The maximum Gasteiger partial charge on any atom is 0.268 e. The quantitative estimate of drug-likeness (QED) is 0.755. The largest absolute Gasteiger partial charge is 0.371 e.